The highest BCUT2D eigenvalue weighted by atomic mass is 16.5. The van der Waals surface area contributed by atoms with Gasteiger partial charge in [0.15, 0.2) is 0 Å². The van der Waals surface area contributed by atoms with Crippen molar-refractivity contribution in [1.29, 1.82) is 0 Å². The Morgan fingerprint density at radius 3 is 2.62 bits per heavy atom. The molecule has 0 aliphatic carbocycles. The monoisotopic (exact) mass is 348 g/mol. The first-order chi connectivity index (χ1) is 12.7. The molecule has 0 N–H and O–H groups in total. The SMILES string of the molecule is CN(C)CC1CN(c2nc(-c3ccccc3)c3ccccc3n2)CCO1. The maximum atomic E-state index is 5.90. The molecule has 0 saturated carbocycles. The predicted molar refractivity (Wildman–Crippen MR) is 105 cm³/mol. The minimum Gasteiger partial charge on any atom is -0.373 e. The van der Waals surface area contributed by atoms with Crippen molar-refractivity contribution < 1.29 is 4.74 Å². The van der Waals surface area contributed by atoms with Gasteiger partial charge in [-0.1, -0.05) is 48.5 Å². The molecule has 2 heterocycles. The maximum Gasteiger partial charge on any atom is 0.226 e. The lowest BCUT2D eigenvalue weighted by Gasteiger charge is -2.34. The normalized spacial score (nSPS) is 17.8. The van der Waals surface area contributed by atoms with E-state index in [1.165, 1.54) is 0 Å². The van der Waals surface area contributed by atoms with Crippen LogP contribution in [0.4, 0.5) is 5.95 Å². The Balaban J connectivity index is 1.74. The number of ether oxygens (including phenoxy) is 1. The predicted octanol–water partition coefficient (Wildman–Crippen LogP) is 3.06. The third kappa shape index (κ3) is 3.54. The fourth-order valence-corrected chi connectivity index (χ4v) is 3.44. The van der Waals surface area contributed by atoms with E-state index >= 15 is 0 Å². The van der Waals surface area contributed by atoms with Crippen LogP contribution in [-0.2, 0) is 4.74 Å². The van der Waals surface area contributed by atoms with Crippen molar-refractivity contribution in [1.82, 2.24) is 14.9 Å². The number of fused-ring (bicyclic) bond motifs is 1. The molecule has 5 heteroatoms. The molecule has 1 atom stereocenters. The Kier molecular flexibility index (Phi) is 4.82. The number of rotatable bonds is 4. The molecule has 2 aromatic carbocycles. The topological polar surface area (TPSA) is 41.5 Å². The zero-order valence-corrected chi connectivity index (χ0v) is 15.3. The van der Waals surface area contributed by atoms with Gasteiger partial charge in [-0.15, -0.1) is 0 Å². The first-order valence-electron chi connectivity index (χ1n) is 9.04. The maximum absolute atomic E-state index is 5.90. The number of hydrogen-bond donors (Lipinski definition) is 0. The number of morpholine rings is 1. The third-order valence-corrected chi connectivity index (χ3v) is 4.63. The molecule has 1 aromatic heterocycles. The molecular weight excluding hydrogens is 324 g/mol. The van der Waals surface area contributed by atoms with Gasteiger partial charge in [0.2, 0.25) is 5.95 Å². The second kappa shape index (κ2) is 7.40. The van der Waals surface area contributed by atoms with Crippen molar-refractivity contribution in [3.63, 3.8) is 0 Å². The highest BCUT2D eigenvalue weighted by Gasteiger charge is 2.24. The molecule has 0 amide bonds. The summed E-state index contributed by atoms with van der Waals surface area (Å²) >= 11 is 0. The number of likely N-dealkylation sites (N-methyl/N-ethyl adjacent to an activating group) is 1. The summed E-state index contributed by atoms with van der Waals surface area (Å²) in [5.41, 5.74) is 3.08. The number of hydrogen-bond acceptors (Lipinski definition) is 5. The summed E-state index contributed by atoms with van der Waals surface area (Å²) in [5, 5.41) is 1.08. The third-order valence-electron chi connectivity index (χ3n) is 4.63. The van der Waals surface area contributed by atoms with Crippen LogP contribution in [0.2, 0.25) is 0 Å². The average Bonchev–Trinajstić information content (AvgIpc) is 2.67. The van der Waals surface area contributed by atoms with Crippen LogP contribution in [0.25, 0.3) is 22.2 Å². The Hall–Kier alpha value is -2.50. The molecule has 5 nitrogen and oxygen atoms in total. The number of nitrogens with zero attached hydrogens (tertiary/aromatic N) is 4. The van der Waals surface area contributed by atoms with E-state index in [-0.39, 0.29) is 6.10 Å². The van der Waals surface area contributed by atoms with Gasteiger partial charge in [0.1, 0.15) is 0 Å². The van der Waals surface area contributed by atoms with Crippen LogP contribution >= 0.6 is 0 Å². The molecular formula is C21H24N4O. The van der Waals surface area contributed by atoms with Gasteiger partial charge in [0, 0.05) is 30.6 Å². The molecule has 3 aromatic rings. The lowest BCUT2D eigenvalue weighted by molar-refractivity contribution is 0.0243. The highest BCUT2D eigenvalue weighted by Crippen LogP contribution is 2.28. The molecule has 1 aliphatic heterocycles. The van der Waals surface area contributed by atoms with Crippen molar-refractivity contribution in [2.75, 3.05) is 45.2 Å². The van der Waals surface area contributed by atoms with Crippen molar-refractivity contribution in [3.05, 3.63) is 54.6 Å². The number of aromatic nitrogens is 2. The van der Waals surface area contributed by atoms with Gasteiger partial charge in [-0.25, -0.2) is 9.97 Å². The molecule has 4 rings (SSSR count). The Morgan fingerprint density at radius 1 is 1.04 bits per heavy atom. The molecule has 134 valence electrons. The van der Waals surface area contributed by atoms with E-state index < -0.39 is 0 Å². The molecule has 1 unspecified atom stereocenters. The zero-order chi connectivity index (χ0) is 17.9. The summed E-state index contributed by atoms with van der Waals surface area (Å²) in [6.45, 7) is 3.23. The van der Waals surface area contributed by atoms with E-state index in [4.69, 9.17) is 14.7 Å². The molecule has 1 saturated heterocycles. The second-order valence-corrected chi connectivity index (χ2v) is 6.96. The van der Waals surface area contributed by atoms with Crippen LogP contribution in [0.5, 0.6) is 0 Å². The lowest BCUT2D eigenvalue weighted by Crippen LogP contribution is -2.47. The van der Waals surface area contributed by atoms with Gasteiger partial charge < -0.3 is 14.5 Å². The van der Waals surface area contributed by atoms with E-state index in [1.807, 2.05) is 30.3 Å². The van der Waals surface area contributed by atoms with Gasteiger partial charge in [0.05, 0.1) is 23.9 Å². The summed E-state index contributed by atoms with van der Waals surface area (Å²) in [6.07, 6.45) is 0.175. The average molecular weight is 348 g/mol. The van der Waals surface area contributed by atoms with E-state index in [0.717, 1.165) is 47.7 Å². The Labute approximate surface area is 154 Å². The number of anilines is 1. The van der Waals surface area contributed by atoms with Crippen LogP contribution in [0.15, 0.2) is 54.6 Å². The van der Waals surface area contributed by atoms with Gasteiger partial charge in [0.25, 0.3) is 0 Å². The standard InChI is InChI=1S/C21H24N4O/c1-24(2)14-17-15-25(12-13-26-17)21-22-19-11-7-6-10-18(19)20(23-21)16-8-4-3-5-9-16/h3-11,17H,12-15H2,1-2H3. The van der Waals surface area contributed by atoms with E-state index in [9.17, 15) is 0 Å². The molecule has 1 fully saturated rings. The van der Waals surface area contributed by atoms with Crippen molar-refractivity contribution in [3.8, 4) is 11.3 Å². The van der Waals surface area contributed by atoms with Gasteiger partial charge in [-0.3, -0.25) is 0 Å². The van der Waals surface area contributed by atoms with Gasteiger partial charge in [-0.2, -0.15) is 0 Å². The smallest absolute Gasteiger partial charge is 0.226 e. The fraction of sp³-hybridized carbons (Fsp3) is 0.333. The summed E-state index contributed by atoms with van der Waals surface area (Å²) in [4.78, 5) is 14.2. The number of para-hydroxylation sites is 1. The molecule has 0 bridgehead atoms. The summed E-state index contributed by atoms with van der Waals surface area (Å²) in [7, 11) is 4.14. The Morgan fingerprint density at radius 2 is 1.81 bits per heavy atom. The summed E-state index contributed by atoms with van der Waals surface area (Å²) in [5.74, 6) is 0.787. The van der Waals surface area contributed by atoms with Crippen molar-refractivity contribution >= 4 is 16.9 Å². The summed E-state index contributed by atoms with van der Waals surface area (Å²) < 4.78 is 5.90. The van der Waals surface area contributed by atoms with Crippen LogP contribution in [0.1, 0.15) is 0 Å². The number of benzene rings is 2. The Bertz CT molecular complexity index is 882. The van der Waals surface area contributed by atoms with E-state index in [1.54, 1.807) is 0 Å². The van der Waals surface area contributed by atoms with Crippen LogP contribution in [-0.4, -0.2) is 61.3 Å². The summed E-state index contributed by atoms with van der Waals surface area (Å²) in [6, 6.07) is 18.6. The fourth-order valence-electron chi connectivity index (χ4n) is 3.44. The van der Waals surface area contributed by atoms with E-state index in [2.05, 4.69) is 48.2 Å². The van der Waals surface area contributed by atoms with E-state index in [0.29, 0.717) is 6.61 Å². The zero-order valence-electron chi connectivity index (χ0n) is 15.3. The first-order valence-corrected chi connectivity index (χ1v) is 9.04. The van der Waals surface area contributed by atoms with Crippen LogP contribution in [0, 0.1) is 0 Å². The lowest BCUT2D eigenvalue weighted by atomic mass is 10.1. The van der Waals surface area contributed by atoms with Gasteiger partial charge >= 0.3 is 0 Å². The van der Waals surface area contributed by atoms with Crippen molar-refractivity contribution in [2.45, 2.75) is 6.10 Å². The van der Waals surface area contributed by atoms with Crippen molar-refractivity contribution in [2.24, 2.45) is 0 Å². The van der Waals surface area contributed by atoms with Crippen LogP contribution < -0.4 is 4.90 Å². The highest BCUT2D eigenvalue weighted by molar-refractivity contribution is 5.93. The molecule has 0 radical (unpaired) electrons. The van der Waals surface area contributed by atoms with Gasteiger partial charge in [-0.05, 0) is 20.2 Å². The molecule has 0 spiro atoms. The minimum atomic E-state index is 0.175. The molecule has 1 aliphatic rings. The first kappa shape index (κ1) is 16.9. The molecule has 26 heavy (non-hydrogen) atoms. The largest absolute Gasteiger partial charge is 0.373 e. The second-order valence-electron chi connectivity index (χ2n) is 6.96. The quantitative estimate of drug-likeness (QED) is 0.725. The minimum absolute atomic E-state index is 0.175. The van der Waals surface area contributed by atoms with Crippen LogP contribution in [0.3, 0.4) is 0 Å².